The number of hydrogen-bond donors (Lipinski definition) is 2. The van der Waals surface area contributed by atoms with Crippen molar-refractivity contribution in [2.45, 2.75) is 13.8 Å². The van der Waals surface area contributed by atoms with Gasteiger partial charge in [-0.25, -0.2) is 0 Å². The molecule has 2 N–H and O–H groups in total. The Balaban J connectivity index is 2.31. The van der Waals surface area contributed by atoms with Gasteiger partial charge in [-0.15, -0.1) is 0 Å². The number of rotatable bonds is 4. The molecule has 1 amide bonds. The zero-order chi connectivity index (χ0) is 10.4. The first-order valence-corrected chi connectivity index (χ1v) is 4.59. The van der Waals surface area contributed by atoms with Crippen LogP contribution in [-0.4, -0.2) is 24.0 Å². The monoisotopic (exact) mass is 193 g/mol. The molecule has 0 bridgehead atoms. The first kappa shape index (κ1) is 10.5. The van der Waals surface area contributed by atoms with Crippen LogP contribution in [0.3, 0.4) is 0 Å². The van der Waals surface area contributed by atoms with Crippen LogP contribution in [0.2, 0.25) is 0 Å². The molecule has 4 heteroatoms. The lowest BCUT2D eigenvalue weighted by molar-refractivity contribution is -0.118. The highest BCUT2D eigenvalue weighted by molar-refractivity contribution is 5.72. The van der Waals surface area contributed by atoms with Gasteiger partial charge in [0.25, 0.3) is 0 Å². The van der Waals surface area contributed by atoms with Gasteiger partial charge in [0.1, 0.15) is 0 Å². The molecule has 0 spiro atoms. The van der Waals surface area contributed by atoms with Gasteiger partial charge in [-0.1, -0.05) is 0 Å². The maximum Gasteiger partial charge on any atom is 0.216 e. The Bertz CT molecular complexity index is 312. The maximum absolute atomic E-state index is 10.6. The van der Waals surface area contributed by atoms with E-state index in [0.717, 1.165) is 17.8 Å². The fraction of sp³-hybridized carbons (Fsp3) is 0.400. The predicted octanol–water partition coefficient (Wildman–Crippen LogP) is 0.938. The van der Waals surface area contributed by atoms with Crippen LogP contribution in [-0.2, 0) is 4.79 Å². The number of nitrogens with zero attached hydrogens (tertiary/aromatic N) is 1. The first-order valence-electron chi connectivity index (χ1n) is 4.59. The van der Waals surface area contributed by atoms with Gasteiger partial charge in [-0.3, -0.25) is 9.78 Å². The number of nitrogens with one attached hydrogen (secondary N) is 2. The minimum Gasteiger partial charge on any atom is -0.383 e. The Morgan fingerprint density at radius 2 is 2.29 bits per heavy atom. The van der Waals surface area contributed by atoms with Gasteiger partial charge in [-0.2, -0.15) is 0 Å². The van der Waals surface area contributed by atoms with Crippen molar-refractivity contribution in [2.75, 3.05) is 18.4 Å². The van der Waals surface area contributed by atoms with E-state index >= 15 is 0 Å². The number of amides is 1. The van der Waals surface area contributed by atoms with Gasteiger partial charge in [0.2, 0.25) is 5.91 Å². The molecule has 14 heavy (non-hydrogen) atoms. The number of carbonyl (C=O) groups is 1. The molecule has 1 aromatic heterocycles. The Hall–Kier alpha value is -1.58. The molecule has 0 atom stereocenters. The van der Waals surface area contributed by atoms with Gasteiger partial charge in [0.05, 0.1) is 0 Å². The number of aromatic nitrogens is 1. The van der Waals surface area contributed by atoms with Crippen molar-refractivity contribution in [3.05, 3.63) is 24.0 Å². The normalized spacial score (nSPS) is 9.57. The molecule has 4 nitrogen and oxygen atoms in total. The topological polar surface area (TPSA) is 54.0 Å². The van der Waals surface area contributed by atoms with Crippen molar-refractivity contribution < 1.29 is 4.79 Å². The molecule has 0 aliphatic carbocycles. The summed E-state index contributed by atoms with van der Waals surface area (Å²) in [5.41, 5.74) is 2.17. The van der Waals surface area contributed by atoms with Crippen molar-refractivity contribution in [1.29, 1.82) is 0 Å². The smallest absolute Gasteiger partial charge is 0.216 e. The summed E-state index contributed by atoms with van der Waals surface area (Å²) < 4.78 is 0. The summed E-state index contributed by atoms with van der Waals surface area (Å²) >= 11 is 0. The van der Waals surface area contributed by atoms with Crippen molar-refractivity contribution in [3.8, 4) is 0 Å². The summed E-state index contributed by atoms with van der Waals surface area (Å²) in [6, 6.07) is 1.92. The number of aryl methyl sites for hydroxylation is 1. The van der Waals surface area contributed by atoms with Crippen LogP contribution in [0.5, 0.6) is 0 Å². The fourth-order valence-corrected chi connectivity index (χ4v) is 1.11. The van der Waals surface area contributed by atoms with Gasteiger partial charge >= 0.3 is 0 Å². The third-order valence-electron chi connectivity index (χ3n) is 1.83. The molecule has 0 radical (unpaired) electrons. The summed E-state index contributed by atoms with van der Waals surface area (Å²) in [5, 5.41) is 5.93. The standard InChI is InChI=1S/C10H15N3O/c1-8-7-11-4-3-10(8)13-6-5-12-9(2)14/h3-4,7H,5-6H2,1-2H3,(H,11,13)(H,12,14). The molecule has 1 aromatic rings. The van der Waals surface area contributed by atoms with Crippen molar-refractivity contribution in [1.82, 2.24) is 10.3 Å². The van der Waals surface area contributed by atoms with Gasteiger partial charge < -0.3 is 10.6 Å². The highest BCUT2D eigenvalue weighted by Gasteiger charge is 1.95. The second kappa shape index (κ2) is 5.21. The summed E-state index contributed by atoms with van der Waals surface area (Å²) in [7, 11) is 0. The largest absolute Gasteiger partial charge is 0.383 e. The lowest BCUT2D eigenvalue weighted by atomic mass is 10.2. The van der Waals surface area contributed by atoms with E-state index in [1.807, 2.05) is 13.0 Å². The molecule has 0 fully saturated rings. The lowest BCUT2D eigenvalue weighted by Gasteiger charge is -2.08. The van der Waals surface area contributed by atoms with Crippen LogP contribution >= 0.6 is 0 Å². The van der Waals surface area contributed by atoms with E-state index in [2.05, 4.69) is 15.6 Å². The van der Waals surface area contributed by atoms with Gasteiger partial charge in [-0.05, 0) is 18.6 Å². The fourth-order valence-electron chi connectivity index (χ4n) is 1.11. The van der Waals surface area contributed by atoms with Crippen molar-refractivity contribution in [3.63, 3.8) is 0 Å². The summed E-state index contributed by atoms with van der Waals surface area (Å²) in [6.45, 7) is 4.87. The Labute approximate surface area is 83.7 Å². The Morgan fingerprint density at radius 3 is 2.93 bits per heavy atom. The van der Waals surface area contributed by atoms with Gasteiger partial charge in [0.15, 0.2) is 0 Å². The zero-order valence-electron chi connectivity index (χ0n) is 8.50. The summed E-state index contributed by atoms with van der Waals surface area (Å²) in [5.74, 6) is -0.00162. The number of hydrogen-bond acceptors (Lipinski definition) is 3. The molecule has 0 saturated heterocycles. The third-order valence-corrected chi connectivity index (χ3v) is 1.83. The molecular formula is C10H15N3O. The van der Waals surface area contributed by atoms with E-state index in [1.54, 1.807) is 12.4 Å². The van der Waals surface area contributed by atoms with E-state index in [0.29, 0.717) is 6.54 Å². The van der Waals surface area contributed by atoms with Crippen LogP contribution in [0.4, 0.5) is 5.69 Å². The van der Waals surface area contributed by atoms with E-state index in [-0.39, 0.29) is 5.91 Å². The molecule has 0 aromatic carbocycles. The van der Waals surface area contributed by atoms with Crippen LogP contribution in [0.25, 0.3) is 0 Å². The average Bonchev–Trinajstić information content (AvgIpc) is 2.15. The second-order valence-corrected chi connectivity index (χ2v) is 3.10. The molecule has 0 saturated carbocycles. The summed E-state index contributed by atoms with van der Waals surface area (Å²) in [4.78, 5) is 14.6. The molecule has 0 aliphatic rings. The van der Waals surface area contributed by atoms with Crippen LogP contribution in [0.15, 0.2) is 18.5 Å². The molecular weight excluding hydrogens is 178 g/mol. The predicted molar refractivity (Wildman–Crippen MR) is 56.1 cm³/mol. The lowest BCUT2D eigenvalue weighted by Crippen LogP contribution is -2.26. The summed E-state index contributed by atoms with van der Waals surface area (Å²) in [6.07, 6.45) is 3.55. The van der Waals surface area contributed by atoms with Crippen molar-refractivity contribution in [2.24, 2.45) is 0 Å². The Morgan fingerprint density at radius 1 is 1.50 bits per heavy atom. The van der Waals surface area contributed by atoms with Crippen LogP contribution in [0.1, 0.15) is 12.5 Å². The van der Waals surface area contributed by atoms with E-state index in [4.69, 9.17) is 0 Å². The molecule has 0 unspecified atom stereocenters. The quantitative estimate of drug-likeness (QED) is 0.700. The zero-order valence-corrected chi connectivity index (χ0v) is 8.50. The minimum atomic E-state index is -0.00162. The molecule has 1 heterocycles. The van der Waals surface area contributed by atoms with Gasteiger partial charge in [0, 0.05) is 38.1 Å². The van der Waals surface area contributed by atoms with E-state index < -0.39 is 0 Å². The second-order valence-electron chi connectivity index (χ2n) is 3.10. The van der Waals surface area contributed by atoms with E-state index in [9.17, 15) is 4.79 Å². The SMILES string of the molecule is CC(=O)NCCNc1ccncc1C. The first-order chi connectivity index (χ1) is 6.70. The molecule has 1 rings (SSSR count). The maximum atomic E-state index is 10.6. The highest BCUT2D eigenvalue weighted by Crippen LogP contribution is 2.10. The number of carbonyl (C=O) groups excluding carboxylic acids is 1. The van der Waals surface area contributed by atoms with E-state index in [1.165, 1.54) is 6.92 Å². The Kier molecular flexibility index (Phi) is 3.91. The van der Waals surface area contributed by atoms with Crippen LogP contribution < -0.4 is 10.6 Å². The van der Waals surface area contributed by atoms with Crippen molar-refractivity contribution >= 4 is 11.6 Å². The average molecular weight is 193 g/mol. The molecule has 76 valence electrons. The number of anilines is 1. The highest BCUT2D eigenvalue weighted by atomic mass is 16.1. The minimum absolute atomic E-state index is 0.00162. The third kappa shape index (κ3) is 3.43. The van der Waals surface area contributed by atoms with Crippen LogP contribution in [0, 0.1) is 6.92 Å². The number of pyridine rings is 1. The molecule has 0 aliphatic heterocycles.